The number of methoxy groups -OCH3 is 2. The van der Waals surface area contributed by atoms with Gasteiger partial charge in [-0.15, -0.1) is 0 Å². The van der Waals surface area contributed by atoms with E-state index in [9.17, 15) is 0 Å². The van der Waals surface area contributed by atoms with Gasteiger partial charge in [0.2, 0.25) is 0 Å². The van der Waals surface area contributed by atoms with Crippen LogP contribution in [-0.4, -0.2) is 32.5 Å². The van der Waals surface area contributed by atoms with Crippen LogP contribution in [0.2, 0.25) is 5.02 Å². The first kappa shape index (κ1) is 18.6. The number of aliphatic hydroxyl groups excluding tert-OH is 1. The van der Waals surface area contributed by atoms with Crippen molar-refractivity contribution in [3.05, 3.63) is 29.3 Å². The number of nitrogen functional groups attached to an aromatic ring is 2. The maximum Gasteiger partial charge on any atom is 0.170 e. The van der Waals surface area contributed by atoms with E-state index in [1.54, 1.807) is 24.3 Å². The van der Waals surface area contributed by atoms with Gasteiger partial charge in [-0.25, -0.2) is 0 Å². The molecule has 0 radical (unpaired) electrons. The molecule has 25 heavy (non-hydrogen) atoms. The van der Waals surface area contributed by atoms with E-state index in [0.29, 0.717) is 45.0 Å². The molecule has 0 saturated heterocycles. The minimum absolute atomic E-state index is 0.111. The van der Waals surface area contributed by atoms with Crippen molar-refractivity contribution in [1.82, 2.24) is 0 Å². The lowest BCUT2D eigenvalue weighted by Gasteiger charge is -2.20. The number of nitrogens with two attached hydrogens (primary N) is 2. The zero-order valence-corrected chi connectivity index (χ0v) is 14.7. The highest BCUT2D eigenvalue weighted by Gasteiger charge is 2.18. The zero-order valence-electron chi connectivity index (χ0n) is 13.9. The fourth-order valence-corrected chi connectivity index (χ4v) is 2.55. The van der Waals surface area contributed by atoms with Crippen LogP contribution in [0.5, 0.6) is 17.2 Å². The molecule has 7 N–H and O–H groups in total. The minimum Gasteiger partial charge on any atom is -0.493 e. The van der Waals surface area contributed by atoms with Crippen LogP contribution in [0.4, 0.5) is 22.7 Å². The normalized spacial score (nSPS) is 10.2. The van der Waals surface area contributed by atoms with Gasteiger partial charge in [0, 0.05) is 0 Å². The molecule has 136 valence electrons. The third-order valence-corrected chi connectivity index (χ3v) is 3.61. The van der Waals surface area contributed by atoms with Gasteiger partial charge in [0.15, 0.2) is 17.2 Å². The van der Waals surface area contributed by atoms with E-state index in [4.69, 9.17) is 42.4 Å². The quantitative estimate of drug-likeness (QED) is 0.355. The summed E-state index contributed by atoms with van der Waals surface area (Å²) in [5.74, 6) is 1.13. The Morgan fingerprint density at radius 1 is 1.04 bits per heavy atom. The molecule has 0 atom stereocenters. The van der Waals surface area contributed by atoms with Crippen molar-refractivity contribution in [3.8, 4) is 17.2 Å². The van der Waals surface area contributed by atoms with Crippen LogP contribution in [0.15, 0.2) is 24.3 Å². The lowest BCUT2D eigenvalue weighted by atomic mass is 10.2. The molecule has 2 aromatic rings. The molecule has 2 rings (SSSR count). The SMILES string of the molecule is COc1c(N)cc(Cl)c(OC)c1NNc1cccc(N)c1OCCO. The van der Waals surface area contributed by atoms with Crippen molar-refractivity contribution in [2.45, 2.75) is 0 Å². The Hall–Kier alpha value is -2.71. The van der Waals surface area contributed by atoms with Crippen LogP contribution in [-0.2, 0) is 0 Å². The minimum atomic E-state index is -0.131. The second-order valence-electron chi connectivity index (χ2n) is 4.94. The highest BCUT2D eigenvalue weighted by atomic mass is 35.5. The first-order chi connectivity index (χ1) is 12.0. The number of aliphatic hydroxyl groups is 1. The third-order valence-electron chi connectivity index (χ3n) is 3.33. The maximum atomic E-state index is 8.95. The summed E-state index contributed by atoms with van der Waals surface area (Å²) in [4.78, 5) is 0. The van der Waals surface area contributed by atoms with Gasteiger partial charge in [-0.2, -0.15) is 0 Å². The van der Waals surface area contributed by atoms with Crippen LogP contribution in [0.3, 0.4) is 0 Å². The van der Waals surface area contributed by atoms with E-state index < -0.39 is 0 Å². The first-order valence-corrected chi connectivity index (χ1v) is 7.75. The molecule has 8 nitrogen and oxygen atoms in total. The average molecular weight is 369 g/mol. The molecule has 0 bridgehead atoms. The number of benzene rings is 2. The molecule has 0 saturated carbocycles. The van der Waals surface area contributed by atoms with Gasteiger partial charge >= 0.3 is 0 Å². The second-order valence-corrected chi connectivity index (χ2v) is 5.34. The molecular weight excluding hydrogens is 348 g/mol. The van der Waals surface area contributed by atoms with E-state index in [1.165, 1.54) is 14.2 Å². The second kappa shape index (κ2) is 8.41. The fraction of sp³-hybridized carbons (Fsp3) is 0.250. The van der Waals surface area contributed by atoms with Gasteiger partial charge in [0.1, 0.15) is 12.3 Å². The molecule has 0 heterocycles. The van der Waals surface area contributed by atoms with Crippen molar-refractivity contribution in [2.75, 3.05) is 49.8 Å². The smallest absolute Gasteiger partial charge is 0.170 e. The van der Waals surface area contributed by atoms with Gasteiger partial charge in [0.25, 0.3) is 0 Å². The molecule has 0 amide bonds. The van der Waals surface area contributed by atoms with Gasteiger partial charge < -0.3 is 30.8 Å². The van der Waals surface area contributed by atoms with E-state index in [2.05, 4.69) is 10.9 Å². The molecule has 0 aliphatic rings. The number of rotatable bonds is 8. The summed E-state index contributed by atoms with van der Waals surface area (Å²) >= 11 is 6.17. The van der Waals surface area contributed by atoms with Crippen molar-refractivity contribution < 1.29 is 19.3 Å². The largest absolute Gasteiger partial charge is 0.493 e. The number of ether oxygens (including phenoxy) is 3. The van der Waals surface area contributed by atoms with Crippen LogP contribution in [0.25, 0.3) is 0 Å². The lowest BCUT2D eigenvalue weighted by Crippen LogP contribution is -2.14. The Morgan fingerprint density at radius 3 is 2.40 bits per heavy atom. The summed E-state index contributed by atoms with van der Waals surface area (Å²) in [6.07, 6.45) is 0. The van der Waals surface area contributed by atoms with Gasteiger partial charge in [-0.1, -0.05) is 17.7 Å². The summed E-state index contributed by atoms with van der Waals surface area (Å²) in [6, 6.07) is 6.74. The summed E-state index contributed by atoms with van der Waals surface area (Å²) < 4.78 is 16.1. The number of halogens is 1. The molecule has 0 aromatic heterocycles. The van der Waals surface area contributed by atoms with Crippen molar-refractivity contribution in [2.24, 2.45) is 0 Å². The van der Waals surface area contributed by atoms with Crippen molar-refractivity contribution in [1.29, 1.82) is 0 Å². The standard InChI is InChI=1S/C16H21ClN4O4/c1-23-14-9(17)8-11(19)16(24-2)13(14)21-20-12-5-3-4-10(18)15(12)25-7-6-22/h3-5,8,20-22H,6-7,18-19H2,1-2H3. The highest BCUT2D eigenvalue weighted by Crippen LogP contribution is 2.44. The summed E-state index contributed by atoms with van der Waals surface area (Å²) in [6.45, 7) is -0.0205. The highest BCUT2D eigenvalue weighted by molar-refractivity contribution is 6.33. The number of hydrazine groups is 1. The van der Waals surface area contributed by atoms with E-state index in [-0.39, 0.29) is 13.2 Å². The van der Waals surface area contributed by atoms with Gasteiger partial charge in [0.05, 0.1) is 42.9 Å². The summed E-state index contributed by atoms with van der Waals surface area (Å²) in [5, 5.41) is 9.28. The van der Waals surface area contributed by atoms with E-state index in [0.717, 1.165) is 0 Å². The van der Waals surface area contributed by atoms with Gasteiger partial charge in [-0.05, 0) is 18.2 Å². The molecule has 9 heteroatoms. The predicted octanol–water partition coefficient (Wildman–Crippen LogP) is 2.33. The fourth-order valence-electron chi connectivity index (χ4n) is 2.26. The van der Waals surface area contributed by atoms with Crippen LogP contribution in [0.1, 0.15) is 0 Å². The number of para-hydroxylation sites is 1. The molecule has 0 spiro atoms. The average Bonchev–Trinajstić information content (AvgIpc) is 2.59. The summed E-state index contributed by atoms with van der Waals surface area (Å²) in [5.41, 5.74) is 19.5. The third kappa shape index (κ3) is 4.04. The Balaban J connectivity index is 2.35. The van der Waals surface area contributed by atoms with Crippen molar-refractivity contribution in [3.63, 3.8) is 0 Å². The Morgan fingerprint density at radius 2 is 1.76 bits per heavy atom. The number of nitrogens with one attached hydrogen (secondary N) is 2. The Labute approximate surface area is 150 Å². The predicted molar refractivity (Wildman–Crippen MR) is 99.6 cm³/mol. The van der Waals surface area contributed by atoms with Crippen molar-refractivity contribution >= 4 is 34.4 Å². The topological polar surface area (TPSA) is 124 Å². The molecule has 0 unspecified atom stereocenters. The maximum absolute atomic E-state index is 8.95. The molecular formula is C16H21ClN4O4. The van der Waals surface area contributed by atoms with Crippen LogP contribution >= 0.6 is 11.6 Å². The van der Waals surface area contributed by atoms with Crippen LogP contribution in [0, 0.1) is 0 Å². The Kier molecular flexibility index (Phi) is 6.26. The van der Waals surface area contributed by atoms with Gasteiger partial charge in [-0.3, -0.25) is 10.9 Å². The number of hydrogen-bond acceptors (Lipinski definition) is 8. The monoisotopic (exact) mass is 368 g/mol. The summed E-state index contributed by atoms with van der Waals surface area (Å²) in [7, 11) is 2.97. The Bertz CT molecular complexity index is 714. The first-order valence-electron chi connectivity index (χ1n) is 7.37. The zero-order chi connectivity index (χ0) is 18.4. The van der Waals surface area contributed by atoms with E-state index in [1.807, 2.05) is 0 Å². The molecule has 2 aromatic carbocycles. The van der Waals surface area contributed by atoms with Crippen LogP contribution < -0.4 is 36.5 Å². The molecule has 0 fully saturated rings. The molecule has 0 aliphatic heterocycles. The molecule has 0 aliphatic carbocycles. The lowest BCUT2D eigenvalue weighted by molar-refractivity contribution is 0.202. The number of anilines is 4. The van der Waals surface area contributed by atoms with E-state index >= 15 is 0 Å². The number of hydrogen-bond donors (Lipinski definition) is 5.